The third-order valence-corrected chi connectivity index (χ3v) is 15.9. The van der Waals surface area contributed by atoms with E-state index in [2.05, 4.69) is 266 Å². The van der Waals surface area contributed by atoms with E-state index in [0.29, 0.717) is 0 Å². The molecular weight excluding hydrogens is 831 g/mol. The van der Waals surface area contributed by atoms with Crippen LogP contribution >= 0.6 is 0 Å². The Morgan fingerprint density at radius 1 is 0.232 bits per heavy atom. The van der Waals surface area contributed by atoms with Crippen LogP contribution < -0.4 is 4.90 Å². The van der Waals surface area contributed by atoms with Crippen LogP contribution in [0.4, 0.5) is 17.1 Å². The van der Waals surface area contributed by atoms with Gasteiger partial charge in [-0.1, -0.05) is 231 Å². The van der Waals surface area contributed by atoms with E-state index < -0.39 is 10.8 Å². The van der Waals surface area contributed by atoms with Crippen molar-refractivity contribution < 1.29 is 0 Å². The molecule has 12 aromatic carbocycles. The van der Waals surface area contributed by atoms with Crippen molar-refractivity contribution in [2.24, 2.45) is 0 Å². The molecule has 0 radical (unpaired) electrons. The summed E-state index contributed by atoms with van der Waals surface area (Å²) < 4.78 is 0. The van der Waals surface area contributed by atoms with Crippen LogP contribution in [-0.4, -0.2) is 0 Å². The maximum atomic E-state index is 2.56. The van der Waals surface area contributed by atoms with E-state index in [4.69, 9.17) is 0 Å². The number of fused-ring (bicyclic) bond motifs is 19. The highest BCUT2D eigenvalue weighted by molar-refractivity contribution is 6.26. The van der Waals surface area contributed by atoms with Gasteiger partial charge in [-0.15, -0.1) is 0 Å². The second-order valence-corrected chi connectivity index (χ2v) is 19.0. The van der Waals surface area contributed by atoms with E-state index in [1.165, 1.54) is 116 Å². The van der Waals surface area contributed by atoms with Crippen LogP contribution in [0.5, 0.6) is 0 Å². The maximum absolute atomic E-state index is 2.56. The Morgan fingerprint density at radius 2 is 0.594 bits per heavy atom. The standard InChI is InChI=1S/C68H43N/c1-2-19-44(20-3-1)67(60-31-13-8-25-53(60)54-26-9-14-32-61(54)67)45-37-39-46(40-38-45)69(47-41-42-52-50-23-5-4-21-48(50)49-22-6-7-24-51(49)59(52)43-47)65-36-18-30-58-57-29-12-17-35-64(57)68(66(58)65)62-33-15-10-27-55(62)56-28-11-16-34-63(56)68/h1-43H. The Morgan fingerprint density at radius 3 is 1.10 bits per heavy atom. The molecule has 69 heavy (non-hydrogen) atoms. The fraction of sp³-hybridized carbons (Fsp3) is 0.0294. The zero-order valence-corrected chi connectivity index (χ0v) is 37.8. The van der Waals surface area contributed by atoms with Crippen molar-refractivity contribution >= 4 is 49.4 Å². The predicted molar refractivity (Wildman–Crippen MR) is 287 cm³/mol. The summed E-state index contributed by atoms with van der Waals surface area (Å²) in [6, 6.07) is 98.2. The van der Waals surface area contributed by atoms with Gasteiger partial charge in [0.1, 0.15) is 0 Å². The molecule has 12 aromatic rings. The van der Waals surface area contributed by atoms with Crippen LogP contribution in [-0.2, 0) is 10.8 Å². The van der Waals surface area contributed by atoms with Crippen LogP contribution in [0.2, 0.25) is 0 Å². The molecule has 0 fully saturated rings. The molecule has 0 amide bonds. The lowest BCUT2D eigenvalue weighted by Crippen LogP contribution is -2.29. The highest BCUT2D eigenvalue weighted by Gasteiger charge is 2.53. The molecule has 0 bridgehead atoms. The SMILES string of the molecule is c1ccc(C2(c3ccc(N(c4ccc5c6ccccc6c6ccccc6c5c4)c4cccc5c4C4(c6ccccc6-c6ccccc64)c4ccccc4-5)cc3)c3ccccc3-c3ccccc32)cc1. The Bertz CT molecular complexity index is 3940. The molecule has 0 atom stereocenters. The van der Waals surface area contributed by atoms with E-state index in [9.17, 15) is 0 Å². The molecule has 320 valence electrons. The molecule has 0 aliphatic heterocycles. The first-order valence-electron chi connectivity index (χ1n) is 24.2. The Balaban J connectivity index is 1.03. The molecule has 0 aromatic heterocycles. The van der Waals surface area contributed by atoms with E-state index in [1.807, 2.05) is 0 Å². The van der Waals surface area contributed by atoms with Crippen molar-refractivity contribution in [1.82, 2.24) is 0 Å². The average molecular weight is 874 g/mol. The van der Waals surface area contributed by atoms with Crippen molar-refractivity contribution in [2.75, 3.05) is 4.90 Å². The number of rotatable bonds is 5. The van der Waals surface area contributed by atoms with Gasteiger partial charge in [-0.3, -0.25) is 0 Å². The molecular formula is C68H43N. The molecule has 15 rings (SSSR count). The largest absolute Gasteiger partial charge is 0.310 e. The first-order valence-corrected chi connectivity index (χ1v) is 24.2. The summed E-state index contributed by atoms with van der Waals surface area (Å²) in [6.07, 6.45) is 0. The Labute approximate surface area is 401 Å². The van der Waals surface area contributed by atoms with Crippen molar-refractivity contribution in [2.45, 2.75) is 10.8 Å². The van der Waals surface area contributed by atoms with E-state index >= 15 is 0 Å². The average Bonchev–Trinajstić information content (AvgIpc) is 4.02. The lowest BCUT2D eigenvalue weighted by Gasteiger charge is -2.36. The summed E-state index contributed by atoms with van der Waals surface area (Å²) in [4.78, 5) is 2.56. The number of benzene rings is 12. The van der Waals surface area contributed by atoms with E-state index in [-0.39, 0.29) is 0 Å². The van der Waals surface area contributed by atoms with Crippen molar-refractivity contribution in [3.63, 3.8) is 0 Å². The van der Waals surface area contributed by atoms with Crippen LogP contribution in [0, 0.1) is 0 Å². The smallest absolute Gasteiger partial charge is 0.0746 e. The first kappa shape index (κ1) is 38.3. The number of hydrogen-bond donors (Lipinski definition) is 0. The fourth-order valence-corrected chi connectivity index (χ4v) is 13.4. The lowest BCUT2D eigenvalue weighted by molar-refractivity contribution is 0.768. The number of anilines is 3. The van der Waals surface area contributed by atoms with Gasteiger partial charge in [0.2, 0.25) is 0 Å². The number of nitrogens with zero attached hydrogens (tertiary/aromatic N) is 1. The van der Waals surface area contributed by atoms with Crippen LogP contribution in [0.3, 0.4) is 0 Å². The van der Waals surface area contributed by atoms with Crippen LogP contribution in [0.15, 0.2) is 261 Å². The van der Waals surface area contributed by atoms with Gasteiger partial charge in [-0.2, -0.15) is 0 Å². The summed E-state index contributed by atoms with van der Waals surface area (Å²) in [6.45, 7) is 0. The van der Waals surface area contributed by atoms with Crippen LogP contribution in [0.25, 0.3) is 65.7 Å². The molecule has 1 spiro atoms. The zero-order chi connectivity index (χ0) is 45.3. The summed E-state index contributed by atoms with van der Waals surface area (Å²) in [5.74, 6) is 0. The normalized spacial score (nSPS) is 14.0. The predicted octanol–water partition coefficient (Wildman–Crippen LogP) is 17.3. The van der Waals surface area contributed by atoms with E-state index in [0.717, 1.165) is 11.4 Å². The van der Waals surface area contributed by atoms with Crippen LogP contribution in [0.1, 0.15) is 44.5 Å². The first-order chi connectivity index (χ1) is 34.3. The maximum Gasteiger partial charge on any atom is 0.0746 e. The monoisotopic (exact) mass is 873 g/mol. The third kappa shape index (κ3) is 4.98. The molecule has 3 aliphatic rings. The fourth-order valence-electron chi connectivity index (χ4n) is 13.4. The second kappa shape index (κ2) is 14.4. The summed E-state index contributed by atoms with van der Waals surface area (Å²) in [5.41, 5.74) is 20.5. The minimum Gasteiger partial charge on any atom is -0.310 e. The van der Waals surface area contributed by atoms with Gasteiger partial charge >= 0.3 is 0 Å². The summed E-state index contributed by atoms with van der Waals surface area (Å²) in [7, 11) is 0. The topological polar surface area (TPSA) is 3.24 Å². The van der Waals surface area contributed by atoms with Gasteiger partial charge < -0.3 is 4.90 Å². The van der Waals surface area contributed by atoms with Crippen molar-refractivity contribution in [3.8, 4) is 33.4 Å². The minimum atomic E-state index is -0.539. The number of hydrogen-bond acceptors (Lipinski definition) is 1. The van der Waals surface area contributed by atoms with Gasteiger partial charge in [0, 0.05) is 16.9 Å². The Kier molecular flexibility index (Phi) is 7.98. The highest BCUT2D eigenvalue weighted by atomic mass is 15.1. The van der Waals surface area contributed by atoms with Crippen molar-refractivity contribution in [1.29, 1.82) is 0 Å². The molecule has 1 nitrogen and oxygen atoms in total. The molecule has 0 unspecified atom stereocenters. The van der Waals surface area contributed by atoms with Gasteiger partial charge in [0.05, 0.1) is 16.5 Å². The summed E-state index contributed by atoms with van der Waals surface area (Å²) >= 11 is 0. The van der Waals surface area contributed by atoms with E-state index in [1.54, 1.807) is 0 Å². The van der Waals surface area contributed by atoms with Gasteiger partial charge in [0.15, 0.2) is 0 Å². The molecule has 3 aliphatic carbocycles. The quantitative estimate of drug-likeness (QED) is 0.156. The lowest BCUT2D eigenvalue weighted by atomic mass is 9.67. The molecule has 0 saturated heterocycles. The second-order valence-electron chi connectivity index (χ2n) is 19.0. The zero-order valence-electron chi connectivity index (χ0n) is 37.8. The van der Waals surface area contributed by atoms with Gasteiger partial charge in [0.25, 0.3) is 0 Å². The molecule has 0 N–H and O–H groups in total. The highest BCUT2D eigenvalue weighted by Crippen LogP contribution is 2.65. The summed E-state index contributed by atoms with van der Waals surface area (Å²) in [5, 5.41) is 7.58. The molecule has 1 heteroatoms. The minimum absolute atomic E-state index is 0.502. The van der Waals surface area contributed by atoms with Gasteiger partial charge in [-0.05, 0) is 135 Å². The third-order valence-electron chi connectivity index (χ3n) is 15.9. The molecule has 0 heterocycles. The Hall–Kier alpha value is -8.78. The molecule has 0 saturated carbocycles. The van der Waals surface area contributed by atoms with Gasteiger partial charge in [-0.25, -0.2) is 0 Å². The van der Waals surface area contributed by atoms with Crippen molar-refractivity contribution in [3.05, 3.63) is 305 Å².